The van der Waals surface area contributed by atoms with E-state index in [1.54, 1.807) is 12.1 Å². The molecule has 1 fully saturated rings. The van der Waals surface area contributed by atoms with Crippen molar-refractivity contribution in [1.82, 2.24) is 10.2 Å². The van der Waals surface area contributed by atoms with E-state index in [-0.39, 0.29) is 24.2 Å². The van der Waals surface area contributed by atoms with E-state index in [9.17, 15) is 18.4 Å². The smallest absolute Gasteiger partial charge is 0.254 e. The zero-order valence-corrected chi connectivity index (χ0v) is 13.5. The summed E-state index contributed by atoms with van der Waals surface area (Å²) in [5.74, 6) is -1.26. The summed E-state index contributed by atoms with van der Waals surface area (Å²) in [6.45, 7) is 0.763. The standard InChI is InChI=1S/C19H18F2N2O2/c20-15-7-3-13(4-8-15)12-22-18(24)17-2-1-11-23(17)19(25)14-5-9-16(21)10-6-14/h3-10,17H,1-2,11-12H2,(H,22,24). The van der Waals surface area contributed by atoms with Crippen LogP contribution in [0.4, 0.5) is 8.78 Å². The number of hydrogen-bond acceptors (Lipinski definition) is 2. The molecule has 0 bridgehead atoms. The van der Waals surface area contributed by atoms with Crippen LogP contribution in [0, 0.1) is 11.6 Å². The lowest BCUT2D eigenvalue weighted by atomic mass is 10.1. The molecule has 1 N–H and O–H groups in total. The Kier molecular flexibility index (Phi) is 5.07. The van der Waals surface area contributed by atoms with Crippen LogP contribution >= 0.6 is 0 Å². The summed E-state index contributed by atoms with van der Waals surface area (Å²) < 4.78 is 25.9. The zero-order chi connectivity index (χ0) is 17.8. The number of likely N-dealkylation sites (tertiary alicyclic amines) is 1. The molecule has 0 spiro atoms. The van der Waals surface area contributed by atoms with Gasteiger partial charge in [-0.15, -0.1) is 0 Å². The van der Waals surface area contributed by atoms with Crippen molar-refractivity contribution < 1.29 is 18.4 Å². The van der Waals surface area contributed by atoms with Crippen LogP contribution in [-0.4, -0.2) is 29.3 Å². The first-order valence-electron chi connectivity index (χ1n) is 8.13. The van der Waals surface area contributed by atoms with Gasteiger partial charge in [0, 0.05) is 18.7 Å². The molecule has 2 aromatic carbocycles. The van der Waals surface area contributed by atoms with Crippen molar-refractivity contribution in [2.45, 2.75) is 25.4 Å². The average molecular weight is 344 g/mol. The van der Waals surface area contributed by atoms with Gasteiger partial charge < -0.3 is 10.2 Å². The van der Waals surface area contributed by atoms with Crippen LogP contribution < -0.4 is 5.32 Å². The Balaban J connectivity index is 1.64. The zero-order valence-electron chi connectivity index (χ0n) is 13.5. The van der Waals surface area contributed by atoms with Gasteiger partial charge in [-0.2, -0.15) is 0 Å². The lowest BCUT2D eigenvalue weighted by Crippen LogP contribution is -2.45. The highest BCUT2D eigenvalue weighted by atomic mass is 19.1. The van der Waals surface area contributed by atoms with E-state index in [4.69, 9.17) is 0 Å². The first-order valence-corrected chi connectivity index (χ1v) is 8.13. The lowest BCUT2D eigenvalue weighted by Gasteiger charge is -2.24. The molecule has 0 aromatic heterocycles. The maximum absolute atomic E-state index is 13.0. The number of nitrogens with one attached hydrogen (secondary N) is 1. The Bertz CT molecular complexity index is 760. The highest BCUT2D eigenvalue weighted by molar-refractivity contribution is 5.97. The van der Waals surface area contributed by atoms with Crippen LogP contribution in [0.5, 0.6) is 0 Å². The molecule has 0 saturated carbocycles. The Morgan fingerprint density at radius 3 is 2.24 bits per heavy atom. The largest absolute Gasteiger partial charge is 0.350 e. The van der Waals surface area contributed by atoms with Crippen molar-refractivity contribution in [3.63, 3.8) is 0 Å². The maximum atomic E-state index is 13.0. The van der Waals surface area contributed by atoms with Crippen LogP contribution in [-0.2, 0) is 11.3 Å². The van der Waals surface area contributed by atoms with Crippen molar-refractivity contribution in [2.75, 3.05) is 6.54 Å². The molecule has 1 saturated heterocycles. The average Bonchev–Trinajstić information content (AvgIpc) is 3.11. The van der Waals surface area contributed by atoms with Crippen LogP contribution in [0.15, 0.2) is 48.5 Å². The lowest BCUT2D eigenvalue weighted by molar-refractivity contribution is -0.125. The quantitative estimate of drug-likeness (QED) is 0.927. The molecule has 130 valence electrons. The number of halogens is 2. The molecule has 25 heavy (non-hydrogen) atoms. The molecule has 0 radical (unpaired) electrons. The Morgan fingerprint density at radius 2 is 1.60 bits per heavy atom. The van der Waals surface area contributed by atoms with E-state index < -0.39 is 11.9 Å². The monoisotopic (exact) mass is 344 g/mol. The fourth-order valence-corrected chi connectivity index (χ4v) is 2.95. The molecule has 1 aliphatic rings. The minimum Gasteiger partial charge on any atom is -0.350 e. The third-order valence-electron chi connectivity index (χ3n) is 4.29. The van der Waals surface area contributed by atoms with Gasteiger partial charge in [0.2, 0.25) is 5.91 Å². The first kappa shape index (κ1) is 17.1. The van der Waals surface area contributed by atoms with Crippen molar-refractivity contribution >= 4 is 11.8 Å². The Labute approximate surface area is 144 Å². The van der Waals surface area contributed by atoms with E-state index in [0.29, 0.717) is 18.5 Å². The topological polar surface area (TPSA) is 49.4 Å². The van der Waals surface area contributed by atoms with E-state index in [1.165, 1.54) is 41.3 Å². The van der Waals surface area contributed by atoms with Gasteiger partial charge >= 0.3 is 0 Å². The van der Waals surface area contributed by atoms with Crippen molar-refractivity contribution in [1.29, 1.82) is 0 Å². The van der Waals surface area contributed by atoms with Crippen molar-refractivity contribution in [3.05, 3.63) is 71.3 Å². The van der Waals surface area contributed by atoms with E-state index >= 15 is 0 Å². The van der Waals surface area contributed by atoms with Crippen LogP contribution in [0.2, 0.25) is 0 Å². The van der Waals surface area contributed by atoms with Crippen LogP contribution in [0.25, 0.3) is 0 Å². The van der Waals surface area contributed by atoms with Gasteiger partial charge in [0.25, 0.3) is 5.91 Å². The highest BCUT2D eigenvalue weighted by Crippen LogP contribution is 2.20. The second-order valence-electron chi connectivity index (χ2n) is 6.01. The van der Waals surface area contributed by atoms with Gasteiger partial charge in [-0.25, -0.2) is 8.78 Å². The summed E-state index contributed by atoms with van der Waals surface area (Å²) in [5, 5.41) is 2.79. The molecule has 0 aliphatic carbocycles. The van der Waals surface area contributed by atoms with Crippen LogP contribution in [0.3, 0.4) is 0 Å². The first-order chi connectivity index (χ1) is 12.0. The van der Waals surface area contributed by atoms with Gasteiger partial charge in [-0.1, -0.05) is 12.1 Å². The molecule has 1 heterocycles. The third kappa shape index (κ3) is 4.02. The predicted molar refractivity (Wildman–Crippen MR) is 88.7 cm³/mol. The number of benzene rings is 2. The fraction of sp³-hybridized carbons (Fsp3) is 0.263. The highest BCUT2D eigenvalue weighted by Gasteiger charge is 2.34. The van der Waals surface area contributed by atoms with Gasteiger partial charge in [0.05, 0.1) is 0 Å². The molecule has 1 unspecified atom stereocenters. The van der Waals surface area contributed by atoms with Gasteiger partial charge in [-0.05, 0) is 54.8 Å². The molecule has 4 nitrogen and oxygen atoms in total. The molecular weight excluding hydrogens is 326 g/mol. The number of carbonyl (C=O) groups is 2. The molecular formula is C19H18F2N2O2. The van der Waals surface area contributed by atoms with Gasteiger partial charge in [0.1, 0.15) is 17.7 Å². The molecule has 2 aromatic rings. The van der Waals surface area contributed by atoms with E-state index in [0.717, 1.165) is 12.0 Å². The van der Waals surface area contributed by atoms with Crippen molar-refractivity contribution in [3.8, 4) is 0 Å². The predicted octanol–water partition coefficient (Wildman–Crippen LogP) is 2.89. The third-order valence-corrected chi connectivity index (χ3v) is 4.29. The molecule has 1 atom stereocenters. The summed E-state index contributed by atoms with van der Waals surface area (Å²) in [4.78, 5) is 26.5. The number of hydrogen-bond donors (Lipinski definition) is 1. The second-order valence-corrected chi connectivity index (χ2v) is 6.01. The van der Waals surface area contributed by atoms with Crippen LogP contribution in [0.1, 0.15) is 28.8 Å². The summed E-state index contributed by atoms with van der Waals surface area (Å²) in [7, 11) is 0. The fourth-order valence-electron chi connectivity index (χ4n) is 2.95. The van der Waals surface area contributed by atoms with E-state index in [2.05, 4.69) is 5.32 Å². The van der Waals surface area contributed by atoms with Crippen molar-refractivity contribution in [2.24, 2.45) is 0 Å². The second kappa shape index (κ2) is 7.42. The molecule has 6 heteroatoms. The SMILES string of the molecule is O=C(NCc1ccc(F)cc1)C1CCCN1C(=O)c1ccc(F)cc1. The number of amides is 2. The Morgan fingerprint density at radius 1 is 1.00 bits per heavy atom. The summed E-state index contributed by atoms with van der Waals surface area (Å²) >= 11 is 0. The minimum atomic E-state index is -0.544. The summed E-state index contributed by atoms with van der Waals surface area (Å²) in [6, 6.07) is 10.6. The summed E-state index contributed by atoms with van der Waals surface area (Å²) in [5.41, 5.74) is 1.14. The number of nitrogens with zero attached hydrogens (tertiary/aromatic N) is 1. The molecule has 1 aliphatic heterocycles. The number of rotatable bonds is 4. The maximum Gasteiger partial charge on any atom is 0.254 e. The Hall–Kier alpha value is -2.76. The molecule has 2 amide bonds. The van der Waals surface area contributed by atoms with E-state index in [1.807, 2.05) is 0 Å². The number of carbonyl (C=O) groups excluding carboxylic acids is 2. The minimum absolute atomic E-state index is 0.239. The summed E-state index contributed by atoms with van der Waals surface area (Å²) in [6.07, 6.45) is 1.32. The normalized spacial score (nSPS) is 16.7. The van der Waals surface area contributed by atoms with Gasteiger partial charge in [0.15, 0.2) is 0 Å². The van der Waals surface area contributed by atoms with Gasteiger partial charge in [-0.3, -0.25) is 9.59 Å². The molecule has 3 rings (SSSR count).